The van der Waals surface area contributed by atoms with Gasteiger partial charge < -0.3 is 9.84 Å². The molecule has 2 aliphatic rings. The zero-order chi connectivity index (χ0) is 13.5. The van der Waals surface area contributed by atoms with Crippen LogP contribution in [-0.4, -0.2) is 23.1 Å². The third-order valence-electron chi connectivity index (χ3n) is 4.46. The van der Waals surface area contributed by atoms with E-state index in [-0.39, 0.29) is 6.10 Å². The SMILES string of the molecule is CC1CC(C)C(OC(=O)C2(C(=O)O)CC2)C(C)C1. The fourth-order valence-corrected chi connectivity index (χ4v) is 3.29. The molecule has 0 saturated heterocycles. The number of ether oxygens (including phenoxy) is 1. The summed E-state index contributed by atoms with van der Waals surface area (Å²) in [5.41, 5.74) is -1.22. The third-order valence-corrected chi connectivity index (χ3v) is 4.46. The Labute approximate surface area is 108 Å². The van der Waals surface area contributed by atoms with Gasteiger partial charge in [0.1, 0.15) is 6.10 Å². The van der Waals surface area contributed by atoms with Crippen molar-refractivity contribution in [3.63, 3.8) is 0 Å². The Morgan fingerprint density at radius 1 is 1.11 bits per heavy atom. The second-order valence-electron chi connectivity index (χ2n) is 6.29. The summed E-state index contributed by atoms with van der Waals surface area (Å²) in [5, 5.41) is 9.08. The van der Waals surface area contributed by atoms with Crippen LogP contribution in [0.2, 0.25) is 0 Å². The molecule has 0 spiro atoms. The van der Waals surface area contributed by atoms with Gasteiger partial charge in [-0.05, 0) is 43.4 Å². The van der Waals surface area contributed by atoms with E-state index in [4.69, 9.17) is 9.84 Å². The van der Waals surface area contributed by atoms with Crippen molar-refractivity contribution in [3.05, 3.63) is 0 Å². The molecular weight excluding hydrogens is 232 g/mol. The highest BCUT2D eigenvalue weighted by molar-refractivity contribution is 6.02. The molecule has 2 unspecified atom stereocenters. The van der Waals surface area contributed by atoms with Crippen LogP contribution in [0.25, 0.3) is 0 Å². The highest BCUT2D eigenvalue weighted by Crippen LogP contribution is 2.48. The van der Waals surface area contributed by atoms with Crippen LogP contribution >= 0.6 is 0 Å². The van der Waals surface area contributed by atoms with E-state index in [0.29, 0.717) is 30.6 Å². The molecule has 4 heteroatoms. The molecule has 1 N–H and O–H groups in total. The summed E-state index contributed by atoms with van der Waals surface area (Å²) < 4.78 is 5.53. The van der Waals surface area contributed by atoms with Crippen molar-refractivity contribution < 1.29 is 19.4 Å². The number of rotatable bonds is 3. The summed E-state index contributed by atoms with van der Waals surface area (Å²) in [5.74, 6) is -0.265. The van der Waals surface area contributed by atoms with Gasteiger partial charge in [-0.3, -0.25) is 9.59 Å². The van der Waals surface area contributed by atoms with Crippen molar-refractivity contribution >= 4 is 11.9 Å². The van der Waals surface area contributed by atoms with Crippen LogP contribution in [0.5, 0.6) is 0 Å². The number of hydrogen-bond acceptors (Lipinski definition) is 3. The maximum Gasteiger partial charge on any atom is 0.323 e. The van der Waals surface area contributed by atoms with E-state index < -0.39 is 17.4 Å². The number of carboxylic acids is 1. The standard InChI is InChI=1S/C14H22O4/c1-8-6-9(2)11(10(3)7-8)18-13(17)14(4-5-14)12(15)16/h8-11H,4-7H2,1-3H3,(H,15,16). The molecule has 2 rings (SSSR count). The second-order valence-corrected chi connectivity index (χ2v) is 6.29. The van der Waals surface area contributed by atoms with Crippen LogP contribution in [0.15, 0.2) is 0 Å². The first kappa shape index (κ1) is 13.4. The molecule has 0 radical (unpaired) electrons. The Kier molecular flexibility index (Phi) is 3.39. The van der Waals surface area contributed by atoms with Crippen LogP contribution in [0.3, 0.4) is 0 Å². The molecule has 0 aromatic heterocycles. The first-order valence-corrected chi connectivity index (χ1v) is 6.81. The summed E-state index contributed by atoms with van der Waals surface area (Å²) in [6.07, 6.45) is 2.82. The van der Waals surface area contributed by atoms with Crippen molar-refractivity contribution in [1.29, 1.82) is 0 Å². The Hall–Kier alpha value is -1.06. The van der Waals surface area contributed by atoms with E-state index in [9.17, 15) is 9.59 Å². The monoisotopic (exact) mass is 254 g/mol. The smallest absolute Gasteiger partial charge is 0.323 e. The summed E-state index contributed by atoms with van der Waals surface area (Å²) in [4.78, 5) is 23.1. The molecule has 0 aromatic rings. The minimum atomic E-state index is -1.22. The first-order chi connectivity index (χ1) is 8.36. The molecule has 2 aliphatic carbocycles. The number of carboxylic acid groups (broad SMARTS) is 1. The predicted molar refractivity (Wildman–Crippen MR) is 65.9 cm³/mol. The van der Waals surface area contributed by atoms with E-state index in [0.717, 1.165) is 12.8 Å². The number of esters is 1. The Morgan fingerprint density at radius 3 is 2.00 bits per heavy atom. The molecule has 2 atom stereocenters. The first-order valence-electron chi connectivity index (χ1n) is 6.81. The molecule has 0 heterocycles. The summed E-state index contributed by atoms with van der Waals surface area (Å²) in [6, 6.07) is 0. The highest BCUT2D eigenvalue weighted by Gasteiger charge is 2.59. The minimum absolute atomic E-state index is 0.120. The van der Waals surface area contributed by atoms with Gasteiger partial charge in [-0.25, -0.2) is 0 Å². The quantitative estimate of drug-likeness (QED) is 0.620. The van der Waals surface area contributed by atoms with Crippen LogP contribution in [-0.2, 0) is 14.3 Å². The van der Waals surface area contributed by atoms with Gasteiger partial charge in [0.2, 0.25) is 0 Å². The Bertz CT molecular complexity index is 347. The fraction of sp³-hybridized carbons (Fsp3) is 0.857. The van der Waals surface area contributed by atoms with Crippen molar-refractivity contribution in [3.8, 4) is 0 Å². The third kappa shape index (κ3) is 2.25. The fourth-order valence-electron chi connectivity index (χ4n) is 3.29. The van der Waals surface area contributed by atoms with Gasteiger partial charge in [0, 0.05) is 0 Å². The van der Waals surface area contributed by atoms with Gasteiger partial charge in [-0.15, -0.1) is 0 Å². The maximum atomic E-state index is 12.0. The van der Waals surface area contributed by atoms with Crippen molar-refractivity contribution in [1.82, 2.24) is 0 Å². The van der Waals surface area contributed by atoms with E-state index in [1.54, 1.807) is 0 Å². The van der Waals surface area contributed by atoms with E-state index in [2.05, 4.69) is 20.8 Å². The molecule has 4 nitrogen and oxygen atoms in total. The van der Waals surface area contributed by atoms with Gasteiger partial charge in [-0.1, -0.05) is 20.8 Å². The molecule has 2 saturated carbocycles. The van der Waals surface area contributed by atoms with Crippen LogP contribution < -0.4 is 0 Å². The molecule has 0 amide bonds. The average Bonchev–Trinajstić information content (AvgIpc) is 3.03. The Balaban J connectivity index is 2.01. The number of carbonyl (C=O) groups is 2. The summed E-state index contributed by atoms with van der Waals surface area (Å²) in [6.45, 7) is 6.39. The van der Waals surface area contributed by atoms with Crippen molar-refractivity contribution in [2.24, 2.45) is 23.2 Å². The van der Waals surface area contributed by atoms with E-state index in [1.807, 2.05) is 0 Å². The summed E-state index contributed by atoms with van der Waals surface area (Å²) in [7, 11) is 0. The van der Waals surface area contributed by atoms with Gasteiger partial charge >= 0.3 is 11.9 Å². The van der Waals surface area contributed by atoms with Gasteiger partial charge in [0.15, 0.2) is 5.41 Å². The molecule has 0 aliphatic heterocycles. The largest absolute Gasteiger partial charge is 0.480 e. The topological polar surface area (TPSA) is 63.6 Å². The van der Waals surface area contributed by atoms with Crippen LogP contribution in [0, 0.1) is 23.2 Å². The van der Waals surface area contributed by atoms with Crippen LogP contribution in [0.4, 0.5) is 0 Å². The molecule has 102 valence electrons. The predicted octanol–water partition coefficient (Wildman–Crippen LogP) is 2.47. The lowest BCUT2D eigenvalue weighted by atomic mass is 9.75. The zero-order valence-electron chi connectivity index (χ0n) is 11.3. The molecule has 2 fully saturated rings. The lowest BCUT2D eigenvalue weighted by Crippen LogP contribution is -2.40. The molecule has 0 aromatic carbocycles. The molecular formula is C14H22O4. The molecule has 18 heavy (non-hydrogen) atoms. The molecule has 0 bridgehead atoms. The van der Waals surface area contributed by atoms with E-state index >= 15 is 0 Å². The zero-order valence-corrected chi connectivity index (χ0v) is 11.3. The van der Waals surface area contributed by atoms with Crippen molar-refractivity contribution in [2.75, 3.05) is 0 Å². The van der Waals surface area contributed by atoms with Gasteiger partial charge in [-0.2, -0.15) is 0 Å². The summed E-state index contributed by atoms with van der Waals surface area (Å²) >= 11 is 0. The van der Waals surface area contributed by atoms with Crippen molar-refractivity contribution in [2.45, 2.75) is 52.6 Å². The second kappa shape index (κ2) is 4.56. The average molecular weight is 254 g/mol. The van der Waals surface area contributed by atoms with Crippen LogP contribution in [0.1, 0.15) is 46.5 Å². The van der Waals surface area contributed by atoms with E-state index in [1.165, 1.54) is 0 Å². The highest BCUT2D eigenvalue weighted by atomic mass is 16.5. The van der Waals surface area contributed by atoms with Gasteiger partial charge in [0.05, 0.1) is 0 Å². The lowest BCUT2D eigenvalue weighted by molar-refractivity contribution is -0.171. The maximum absolute atomic E-state index is 12.0. The number of carbonyl (C=O) groups excluding carboxylic acids is 1. The number of aliphatic carboxylic acids is 1. The normalized spacial score (nSPS) is 37.9. The Morgan fingerprint density at radius 2 is 1.61 bits per heavy atom. The minimum Gasteiger partial charge on any atom is -0.480 e. The lowest BCUT2D eigenvalue weighted by Gasteiger charge is -2.37. The number of hydrogen-bond donors (Lipinski definition) is 1. The van der Waals surface area contributed by atoms with Gasteiger partial charge in [0.25, 0.3) is 0 Å².